The third-order valence-corrected chi connectivity index (χ3v) is 10.0. The zero-order valence-corrected chi connectivity index (χ0v) is 30.1. The Morgan fingerprint density at radius 1 is 0.702 bits per heavy atom. The Balaban J connectivity index is 1.24. The molecule has 7 nitrogen and oxygen atoms in total. The van der Waals surface area contributed by atoms with Crippen molar-refractivity contribution in [2.75, 3.05) is 52.4 Å². The highest BCUT2D eigenvalue weighted by atomic mass is 19.4. The number of alkyl halides is 12. The van der Waals surface area contributed by atoms with E-state index in [-0.39, 0.29) is 67.8 Å². The standard InChI is InChI=1S/C38H38F12N6O/c39-35(40,41)25-15-24(16-26(18-25)36(42,43)44)21-55-13-11-54(12-14-55)20-23-5-6-32-27(17-23)28(33-29(37(45,46)47)3-1-4-30(33)38(48,49)50)22-56(32)10-2-7-53-34(57)31-19-51-8-9-52-31/h1,3-6,15-18,22,31,51-52H,2,7-14,19-21H2,(H,53,57). The molecule has 310 valence electrons. The van der Waals surface area contributed by atoms with E-state index in [1.165, 1.54) is 12.3 Å². The van der Waals surface area contributed by atoms with Crippen LogP contribution in [0.1, 0.15) is 39.8 Å². The fourth-order valence-corrected chi connectivity index (χ4v) is 7.30. The van der Waals surface area contributed by atoms with Crippen LogP contribution in [-0.2, 0) is 49.1 Å². The van der Waals surface area contributed by atoms with E-state index in [0.717, 1.165) is 0 Å². The van der Waals surface area contributed by atoms with Crippen molar-refractivity contribution in [3.63, 3.8) is 0 Å². The number of carbonyl (C=O) groups excluding carboxylic acids is 1. The van der Waals surface area contributed by atoms with Crippen LogP contribution in [0.25, 0.3) is 22.0 Å². The van der Waals surface area contributed by atoms with Crippen LogP contribution in [-0.4, -0.2) is 78.7 Å². The number of halogens is 12. The highest BCUT2D eigenvalue weighted by Gasteiger charge is 2.42. The summed E-state index contributed by atoms with van der Waals surface area (Å²) in [7, 11) is 0. The maximum Gasteiger partial charge on any atom is 0.417 e. The van der Waals surface area contributed by atoms with Gasteiger partial charge in [0.2, 0.25) is 5.91 Å². The van der Waals surface area contributed by atoms with Gasteiger partial charge in [-0.15, -0.1) is 0 Å². The van der Waals surface area contributed by atoms with Gasteiger partial charge in [-0.05, 0) is 60.0 Å². The topological polar surface area (TPSA) is 64.6 Å². The molecule has 3 N–H and O–H groups in total. The van der Waals surface area contributed by atoms with Crippen LogP contribution in [0.3, 0.4) is 0 Å². The smallest absolute Gasteiger partial charge is 0.355 e. The predicted molar refractivity (Wildman–Crippen MR) is 187 cm³/mol. The number of nitrogens with one attached hydrogen (secondary N) is 3. The van der Waals surface area contributed by atoms with Crippen molar-refractivity contribution in [3.8, 4) is 11.1 Å². The highest BCUT2D eigenvalue weighted by molar-refractivity contribution is 5.98. The Hall–Kier alpha value is -4.33. The van der Waals surface area contributed by atoms with Crippen LogP contribution in [0.15, 0.2) is 60.8 Å². The van der Waals surface area contributed by atoms with Gasteiger partial charge in [0.1, 0.15) is 0 Å². The van der Waals surface area contributed by atoms with Gasteiger partial charge in [-0.25, -0.2) is 0 Å². The van der Waals surface area contributed by atoms with Gasteiger partial charge >= 0.3 is 24.7 Å². The van der Waals surface area contributed by atoms with Gasteiger partial charge in [0.15, 0.2) is 0 Å². The van der Waals surface area contributed by atoms with Crippen molar-refractivity contribution >= 4 is 16.8 Å². The maximum absolute atomic E-state index is 14.4. The first kappa shape index (κ1) is 42.3. The molecular weight excluding hydrogens is 784 g/mol. The Morgan fingerprint density at radius 2 is 1.28 bits per heavy atom. The van der Waals surface area contributed by atoms with E-state index in [4.69, 9.17) is 0 Å². The number of amides is 1. The van der Waals surface area contributed by atoms with Crippen LogP contribution in [0, 0.1) is 0 Å². The average Bonchev–Trinajstić information content (AvgIpc) is 3.50. The number of hydrogen-bond acceptors (Lipinski definition) is 5. The molecule has 1 aromatic heterocycles. The van der Waals surface area contributed by atoms with Gasteiger partial charge in [0.25, 0.3) is 0 Å². The third-order valence-electron chi connectivity index (χ3n) is 10.0. The molecule has 2 aliphatic heterocycles. The second kappa shape index (κ2) is 16.5. The molecule has 3 aromatic carbocycles. The summed E-state index contributed by atoms with van der Waals surface area (Å²) in [5, 5.41) is 9.12. The van der Waals surface area contributed by atoms with E-state index in [1.807, 2.05) is 4.90 Å². The Morgan fingerprint density at radius 3 is 1.81 bits per heavy atom. The third kappa shape index (κ3) is 10.2. The molecular formula is C38H38F12N6O. The molecule has 0 aliphatic carbocycles. The van der Waals surface area contributed by atoms with Gasteiger partial charge in [-0.2, -0.15) is 52.7 Å². The van der Waals surface area contributed by atoms with Crippen molar-refractivity contribution in [2.45, 2.75) is 56.8 Å². The Labute approximate surface area is 319 Å². The lowest BCUT2D eigenvalue weighted by atomic mass is 9.92. The van der Waals surface area contributed by atoms with Crippen LogP contribution in [0.4, 0.5) is 52.7 Å². The number of aromatic nitrogens is 1. The number of aryl methyl sites for hydroxylation is 1. The minimum atomic E-state index is -5.13. The van der Waals surface area contributed by atoms with Crippen molar-refractivity contribution in [2.24, 2.45) is 0 Å². The lowest BCUT2D eigenvalue weighted by molar-refractivity contribution is -0.144. The number of hydrogen-bond donors (Lipinski definition) is 3. The SMILES string of the molecule is O=C(NCCCn1cc(-c2c(C(F)(F)F)cccc2C(F)(F)F)c2cc(CN3CCN(Cc4cc(C(F)(F)F)cc(C(F)(F)F)c4)CC3)ccc21)C1CNCCN1. The maximum atomic E-state index is 14.4. The second-order valence-corrected chi connectivity index (χ2v) is 14.1. The van der Waals surface area contributed by atoms with Gasteiger partial charge in [0, 0.05) is 100 Å². The van der Waals surface area contributed by atoms with E-state index >= 15 is 0 Å². The van der Waals surface area contributed by atoms with Crippen molar-refractivity contribution in [3.05, 3.63) is 94.2 Å². The van der Waals surface area contributed by atoms with Crippen molar-refractivity contribution in [1.29, 1.82) is 0 Å². The Bertz CT molecular complexity index is 1970. The van der Waals surface area contributed by atoms with E-state index in [2.05, 4.69) is 16.0 Å². The molecule has 2 saturated heterocycles. The molecule has 2 fully saturated rings. The summed E-state index contributed by atoms with van der Waals surface area (Å²) >= 11 is 0. The summed E-state index contributed by atoms with van der Waals surface area (Å²) in [6, 6.07) is 7.74. The van der Waals surface area contributed by atoms with E-state index in [0.29, 0.717) is 80.6 Å². The summed E-state index contributed by atoms with van der Waals surface area (Å²) in [5.41, 5.74) is -6.26. The molecule has 1 atom stereocenters. The van der Waals surface area contributed by atoms with Crippen LogP contribution in [0.5, 0.6) is 0 Å². The van der Waals surface area contributed by atoms with Crippen molar-refractivity contribution < 1.29 is 57.5 Å². The summed E-state index contributed by atoms with van der Waals surface area (Å²) in [4.78, 5) is 16.2. The van der Waals surface area contributed by atoms with E-state index < -0.39 is 58.6 Å². The highest BCUT2D eigenvalue weighted by Crippen LogP contribution is 2.47. The quantitative estimate of drug-likeness (QED) is 0.113. The van der Waals surface area contributed by atoms with Crippen molar-refractivity contribution in [1.82, 2.24) is 30.3 Å². The molecule has 2 aliphatic rings. The minimum Gasteiger partial charge on any atom is -0.355 e. The van der Waals surface area contributed by atoms with Gasteiger partial charge in [0.05, 0.1) is 28.3 Å². The summed E-state index contributed by atoms with van der Waals surface area (Å²) in [5.74, 6) is -0.245. The number of benzene rings is 3. The number of rotatable bonds is 10. The summed E-state index contributed by atoms with van der Waals surface area (Å²) in [6.07, 6.45) is -18.7. The zero-order chi connectivity index (χ0) is 41.3. The molecule has 57 heavy (non-hydrogen) atoms. The zero-order valence-electron chi connectivity index (χ0n) is 30.1. The minimum absolute atomic E-state index is 0.0672. The molecule has 0 bridgehead atoms. The van der Waals surface area contributed by atoms with Gasteiger partial charge in [-0.3, -0.25) is 14.6 Å². The number of fused-ring (bicyclic) bond motifs is 1. The largest absolute Gasteiger partial charge is 0.417 e. The number of nitrogens with zero attached hydrogens (tertiary/aromatic N) is 3. The number of carbonyl (C=O) groups is 1. The van der Waals surface area contributed by atoms with E-state index in [1.54, 1.807) is 21.6 Å². The molecule has 6 rings (SSSR count). The fourth-order valence-electron chi connectivity index (χ4n) is 7.30. The lowest BCUT2D eigenvalue weighted by Gasteiger charge is -2.35. The second-order valence-electron chi connectivity index (χ2n) is 14.1. The molecule has 0 spiro atoms. The fraction of sp³-hybridized carbons (Fsp3) is 0.447. The normalized spacial score (nSPS) is 18.0. The van der Waals surface area contributed by atoms with Gasteiger partial charge in [-0.1, -0.05) is 12.1 Å². The first-order valence-electron chi connectivity index (χ1n) is 18.0. The van der Waals surface area contributed by atoms with Crippen LogP contribution < -0.4 is 16.0 Å². The Kier molecular flexibility index (Phi) is 12.2. The summed E-state index contributed by atoms with van der Waals surface area (Å²) < 4.78 is 168. The van der Waals surface area contributed by atoms with Gasteiger partial charge < -0.3 is 20.5 Å². The molecule has 1 unspecified atom stereocenters. The monoisotopic (exact) mass is 822 g/mol. The molecule has 3 heterocycles. The molecule has 4 aromatic rings. The average molecular weight is 823 g/mol. The molecule has 0 saturated carbocycles. The number of piperazine rings is 2. The first-order valence-corrected chi connectivity index (χ1v) is 18.0. The summed E-state index contributed by atoms with van der Waals surface area (Å²) in [6.45, 7) is 3.30. The van der Waals surface area contributed by atoms with Crippen LogP contribution >= 0.6 is 0 Å². The molecule has 0 radical (unpaired) electrons. The molecule has 19 heteroatoms. The molecule has 1 amide bonds. The van der Waals surface area contributed by atoms with Crippen LogP contribution in [0.2, 0.25) is 0 Å². The van der Waals surface area contributed by atoms with E-state index in [9.17, 15) is 57.5 Å². The lowest BCUT2D eigenvalue weighted by Crippen LogP contribution is -2.55. The first-order chi connectivity index (χ1) is 26.7. The predicted octanol–water partition coefficient (Wildman–Crippen LogP) is 7.77.